The highest BCUT2D eigenvalue weighted by molar-refractivity contribution is 5.80. The summed E-state index contributed by atoms with van der Waals surface area (Å²) in [6, 6.07) is 14.9. The molecule has 1 atom stereocenters. The fourth-order valence-electron chi connectivity index (χ4n) is 5.75. The summed E-state index contributed by atoms with van der Waals surface area (Å²) in [5, 5.41) is 20.6. The van der Waals surface area contributed by atoms with Gasteiger partial charge in [-0.3, -0.25) is 4.90 Å². The van der Waals surface area contributed by atoms with Crippen molar-refractivity contribution < 1.29 is 14.6 Å². The minimum atomic E-state index is 0.0651. The topological polar surface area (TPSA) is 69.0 Å². The van der Waals surface area contributed by atoms with E-state index < -0.39 is 0 Å². The molecule has 6 nitrogen and oxygen atoms in total. The van der Waals surface area contributed by atoms with Crippen LogP contribution in [0.4, 0.5) is 5.69 Å². The Morgan fingerprint density at radius 1 is 0.970 bits per heavy atom. The van der Waals surface area contributed by atoms with Crippen molar-refractivity contribution in [3.05, 3.63) is 42.0 Å². The van der Waals surface area contributed by atoms with Crippen molar-refractivity contribution in [3.63, 3.8) is 0 Å². The fourth-order valence-corrected chi connectivity index (χ4v) is 5.75. The zero-order chi connectivity index (χ0) is 22.6. The smallest absolute Gasteiger partial charge is 0.161 e. The highest BCUT2D eigenvalue weighted by Crippen LogP contribution is 2.39. The predicted octanol–water partition coefficient (Wildman–Crippen LogP) is 4.90. The van der Waals surface area contributed by atoms with Crippen LogP contribution in [-0.4, -0.2) is 48.7 Å². The van der Waals surface area contributed by atoms with E-state index in [1.165, 1.54) is 19.3 Å². The summed E-state index contributed by atoms with van der Waals surface area (Å²) in [7, 11) is 0. The zero-order valence-corrected chi connectivity index (χ0v) is 19.2. The molecular weight excluding hydrogens is 414 g/mol. The maximum absolute atomic E-state index is 10.4. The van der Waals surface area contributed by atoms with Gasteiger partial charge in [-0.1, -0.05) is 37.5 Å². The van der Waals surface area contributed by atoms with E-state index in [0.29, 0.717) is 24.8 Å². The van der Waals surface area contributed by atoms with Gasteiger partial charge in [-0.2, -0.15) is 5.26 Å². The number of hydrogen-bond donors (Lipinski definition) is 1. The lowest BCUT2D eigenvalue weighted by Crippen LogP contribution is -2.55. The maximum atomic E-state index is 10.4. The summed E-state index contributed by atoms with van der Waals surface area (Å²) < 4.78 is 11.5. The summed E-state index contributed by atoms with van der Waals surface area (Å²) in [5.41, 5.74) is 3.51. The lowest BCUT2D eigenvalue weighted by atomic mass is 9.92. The number of piperidine rings is 1. The van der Waals surface area contributed by atoms with Crippen molar-refractivity contribution >= 4 is 5.69 Å². The second kappa shape index (κ2) is 10.0. The lowest BCUT2D eigenvalue weighted by Gasteiger charge is -2.47. The molecule has 1 N–H and O–H groups in total. The van der Waals surface area contributed by atoms with Crippen LogP contribution in [0, 0.1) is 11.3 Å². The van der Waals surface area contributed by atoms with Gasteiger partial charge in [-0.25, -0.2) is 0 Å². The molecule has 0 aromatic heterocycles. The van der Waals surface area contributed by atoms with E-state index in [1.54, 1.807) is 0 Å². The first-order chi connectivity index (χ1) is 16.3. The largest absolute Gasteiger partial charge is 0.486 e. The van der Waals surface area contributed by atoms with Crippen LogP contribution in [-0.2, 0) is 0 Å². The van der Waals surface area contributed by atoms with Crippen molar-refractivity contribution in [2.75, 3.05) is 31.4 Å². The molecule has 1 unspecified atom stereocenters. The molecule has 33 heavy (non-hydrogen) atoms. The number of anilines is 1. The highest BCUT2D eigenvalue weighted by atomic mass is 16.6. The average molecular weight is 448 g/mol. The molecule has 2 aliphatic heterocycles. The number of nitrogens with zero attached hydrogens (tertiary/aromatic N) is 3. The number of fused-ring (bicyclic) bond motifs is 1. The van der Waals surface area contributed by atoms with Gasteiger partial charge in [0.2, 0.25) is 0 Å². The second-order valence-electron chi connectivity index (χ2n) is 9.29. The Labute approximate surface area is 196 Å². The summed E-state index contributed by atoms with van der Waals surface area (Å²) in [6.45, 7) is 2.06. The van der Waals surface area contributed by atoms with E-state index in [4.69, 9.17) is 9.47 Å². The summed E-state index contributed by atoms with van der Waals surface area (Å²) in [6.07, 6.45) is 9.42. The van der Waals surface area contributed by atoms with Gasteiger partial charge in [-0.15, -0.1) is 0 Å². The van der Waals surface area contributed by atoms with Crippen LogP contribution in [0.25, 0.3) is 11.1 Å². The zero-order valence-electron chi connectivity index (χ0n) is 19.2. The van der Waals surface area contributed by atoms with Crippen molar-refractivity contribution in [1.82, 2.24) is 4.90 Å². The van der Waals surface area contributed by atoms with Crippen LogP contribution in [0.2, 0.25) is 0 Å². The van der Waals surface area contributed by atoms with E-state index in [-0.39, 0.29) is 12.9 Å². The number of hydrogen-bond acceptors (Lipinski definition) is 6. The average Bonchev–Trinajstić information content (AvgIpc) is 2.89. The van der Waals surface area contributed by atoms with Gasteiger partial charge in [-0.05, 0) is 55.9 Å². The summed E-state index contributed by atoms with van der Waals surface area (Å²) in [5.74, 6) is 1.48. The van der Waals surface area contributed by atoms with Crippen LogP contribution < -0.4 is 14.4 Å². The van der Waals surface area contributed by atoms with E-state index in [0.717, 1.165) is 67.0 Å². The Kier molecular flexibility index (Phi) is 6.70. The quantitative estimate of drug-likeness (QED) is 0.658. The van der Waals surface area contributed by atoms with Gasteiger partial charge >= 0.3 is 0 Å². The number of aliphatic hydroxyl groups is 1. The van der Waals surface area contributed by atoms with Crippen molar-refractivity contribution in [3.8, 4) is 28.7 Å². The molecule has 2 fully saturated rings. The van der Waals surface area contributed by atoms with Crippen LogP contribution in [0.1, 0.15) is 56.9 Å². The van der Waals surface area contributed by atoms with E-state index in [9.17, 15) is 10.4 Å². The Hall–Kier alpha value is -2.75. The molecule has 174 valence electrons. The van der Waals surface area contributed by atoms with E-state index >= 15 is 0 Å². The number of benzene rings is 2. The monoisotopic (exact) mass is 447 g/mol. The van der Waals surface area contributed by atoms with Gasteiger partial charge in [0.1, 0.15) is 19.3 Å². The third-order valence-electron chi connectivity index (χ3n) is 7.38. The second-order valence-corrected chi connectivity index (χ2v) is 9.29. The Balaban J connectivity index is 1.51. The molecule has 1 aliphatic carbocycles. The molecule has 0 amide bonds. The fraction of sp³-hybridized carbons (Fsp3) is 0.519. The van der Waals surface area contributed by atoms with Crippen molar-refractivity contribution in [2.24, 2.45) is 0 Å². The van der Waals surface area contributed by atoms with E-state index in [2.05, 4.69) is 21.9 Å². The molecule has 2 heterocycles. The first-order valence-corrected chi connectivity index (χ1v) is 12.4. The highest BCUT2D eigenvalue weighted by Gasteiger charge is 2.34. The normalized spacial score (nSPS) is 21.1. The molecule has 6 heteroatoms. The molecule has 3 aliphatic rings. The van der Waals surface area contributed by atoms with E-state index in [1.807, 2.05) is 30.3 Å². The van der Waals surface area contributed by atoms with Gasteiger partial charge in [0, 0.05) is 18.2 Å². The molecule has 5 rings (SSSR count). The number of aliphatic hydroxyl groups excluding tert-OH is 1. The molecule has 0 radical (unpaired) electrons. The maximum Gasteiger partial charge on any atom is 0.161 e. The Bertz CT molecular complexity index is 1010. The SMILES string of the molecule is N#Cc1c(-c2ccc3c(c2)OCCO3)cccc1N1CCCCC1N(CO)C1CCCCC1. The minimum absolute atomic E-state index is 0.0651. The molecular formula is C27H33N3O3. The standard InChI is InChI=1S/C27H33N3O3/c28-18-23-22(20-12-13-25-26(17-20)33-16-15-32-25)9-6-10-24(23)29-14-5-4-11-27(29)30(19-31)21-7-2-1-3-8-21/h6,9-10,12-13,17,21,27,31H,1-5,7-8,11,14-16,19H2. The molecule has 1 saturated heterocycles. The van der Waals surface area contributed by atoms with Crippen LogP contribution in [0.5, 0.6) is 11.5 Å². The number of ether oxygens (including phenoxy) is 2. The lowest BCUT2D eigenvalue weighted by molar-refractivity contribution is 0.00562. The van der Waals surface area contributed by atoms with Crippen molar-refractivity contribution in [1.29, 1.82) is 5.26 Å². The number of rotatable bonds is 5. The third kappa shape index (κ3) is 4.40. The minimum Gasteiger partial charge on any atom is -0.486 e. The first kappa shape index (κ1) is 22.1. The Morgan fingerprint density at radius 3 is 2.55 bits per heavy atom. The predicted molar refractivity (Wildman–Crippen MR) is 128 cm³/mol. The molecule has 0 spiro atoms. The van der Waals surface area contributed by atoms with Gasteiger partial charge in [0.15, 0.2) is 11.5 Å². The Morgan fingerprint density at radius 2 is 1.76 bits per heavy atom. The van der Waals surface area contributed by atoms with Gasteiger partial charge in [0.05, 0.1) is 24.1 Å². The first-order valence-electron chi connectivity index (χ1n) is 12.4. The van der Waals surface area contributed by atoms with Crippen LogP contribution >= 0.6 is 0 Å². The molecule has 0 bridgehead atoms. The summed E-state index contributed by atoms with van der Waals surface area (Å²) >= 11 is 0. The van der Waals surface area contributed by atoms with Gasteiger partial charge in [0.25, 0.3) is 0 Å². The molecule has 1 saturated carbocycles. The molecule has 2 aromatic rings. The number of nitriles is 1. The molecule has 2 aromatic carbocycles. The summed E-state index contributed by atoms with van der Waals surface area (Å²) in [4.78, 5) is 4.66. The van der Waals surface area contributed by atoms with Gasteiger partial charge < -0.3 is 19.5 Å². The van der Waals surface area contributed by atoms with Crippen LogP contribution in [0.15, 0.2) is 36.4 Å². The van der Waals surface area contributed by atoms with Crippen molar-refractivity contribution in [2.45, 2.75) is 63.6 Å². The third-order valence-corrected chi connectivity index (χ3v) is 7.38. The van der Waals surface area contributed by atoms with Crippen LogP contribution in [0.3, 0.4) is 0 Å².